The van der Waals surface area contributed by atoms with Crippen LogP contribution in [0.3, 0.4) is 0 Å². The van der Waals surface area contributed by atoms with Gasteiger partial charge in [-0.1, -0.05) is 25.0 Å². The van der Waals surface area contributed by atoms with Crippen LogP contribution in [-0.2, 0) is 19.4 Å². The molecule has 0 aromatic heterocycles. The highest BCUT2D eigenvalue weighted by atomic mass is 32.2. The van der Waals surface area contributed by atoms with Crippen molar-refractivity contribution >= 4 is 21.7 Å². The van der Waals surface area contributed by atoms with Crippen molar-refractivity contribution in [2.24, 2.45) is 5.73 Å². The van der Waals surface area contributed by atoms with Crippen LogP contribution in [0, 0.1) is 5.82 Å². The predicted molar refractivity (Wildman–Crippen MR) is 107 cm³/mol. The molecule has 3 rings (SSSR count). The zero-order chi connectivity index (χ0) is 21.2. The Hall–Kier alpha value is -2.00. The molecule has 0 radical (unpaired) electrons. The van der Waals surface area contributed by atoms with Gasteiger partial charge in [-0.05, 0) is 44.0 Å². The summed E-state index contributed by atoms with van der Waals surface area (Å²) in [5.41, 5.74) is 5.92. The quantitative estimate of drug-likeness (QED) is 0.708. The maximum Gasteiger partial charge on any atom is 0.239 e. The first-order valence-corrected chi connectivity index (χ1v) is 11.8. The fourth-order valence-corrected chi connectivity index (χ4v) is 6.29. The number of amides is 2. The monoisotopic (exact) mass is 425 g/mol. The summed E-state index contributed by atoms with van der Waals surface area (Å²) in [6, 6.07) is 4.33. The van der Waals surface area contributed by atoms with Crippen molar-refractivity contribution in [3.8, 4) is 0 Å². The molecule has 1 aliphatic heterocycles. The first-order chi connectivity index (χ1) is 13.7. The summed E-state index contributed by atoms with van der Waals surface area (Å²) in [7, 11) is -1.54. The normalized spacial score (nSPS) is 22.7. The number of nitrogens with two attached hydrogens (primary N) is 1. The molecule has 1 aliphatic carbocycles. The van der Waals surface area contributed by atoms with Gasteiger partial charge in [0.25, 0.3) is 0 Å². The minimum Gasteiger partial charge on any atom is -0.368 e. The maximum atomic E-state index is 13.6. The van der Waals surface area contributed by atoms with Crippen LogP contribution in [0.25, 0.3) is 0 Å². The number of hydrogen-bond donors (Lipinski definition) is 1. The molecule has 2 aliphatic rings. The molecule has 1 saturated carbocycles. The third-order valence-electron chi connectivity index (χ3n) is 5.87. The van der Waals surface area contributed by atoms with E-state index in [1.54, 1.807) is 18.0 Å². The van der Waals surface area contributed by atoms with E-state index < -0.39 is 27.6 Å². The molecule has 2 atom stereocenters. The van der Waals surface area contributed by atoms with Gasteiger partial charge in [0.1, 0.15) is 11.9 Å². The zero-order valence-electron chi connectivity index (χ0n) is 16.6. The molecule has 1 aromatic carbocycles. The first-order valence-electron chi connectivity index (χ1n) is 9.94. The van der Waals surface area contributed by atoms with Crippen LogP contribution in [0.1, 0.15) is 43.7 Å². The Kier molecular flexibility index (Phi) is 6.58. The van der Waals surface area contributed by atoms with E-state index in [4.69, 9.17) is 5.73 Å². The van der Waals surface area contributed by atoms with Crippen LogP contribution >= 0.6 is 0 Å². The Bertz CT molecular complexity index is 870. The van der Waals surface area contributed by atoms with Crippen LogP contribution in [0.4, 0.5) is 4.39 Å². The molecule has 1 aromatic rings. The summed E-state index contributed by atoms with van der Waals surface area (Å²) in [5.74, 6) is -1.30. The Morgan fingerprint density at radius 2 is 1.90 bits per heavy atom. The lowest BCUT2D eigenvalue weighted by Gasteiger charge is -2.36. The van der Waals surface area contributed by atoms with Crippen LogP contribution in [0.2, 0.25) is 0 Å². The van der Waals surface area contributed by atoms with Crippen LogP contribution in [0.15, 0.2) is 24.3 Å². The van der Waals surface area contributed by atoms with Gasteiger partial charge < -0.3 is 10.6 Å². The molecule has 2 N–H and O–H groups in total. The fourth-order valence-electron chi connectivity index (χ4n) is 4.58. The van der Waals surface area contributed by atoms with E-state index >= 15 is 0 Å². The van der Waals surface area contributed by atoms with Crippen molar-refractivity contribution in [2.45, 2.75) is 50.2 Å². The second-order valence-electron chi connectivity index (χ2n) is 8.07. The standard InChI is InChI=1S/C20H28FN3O4S/c1-23(19(20(22)26)14-5-4-6-15(21)11-14)12-18(25)24(16-7-2-3-8-16)17-9-10-29(27,28)13-17/h4-6,11,16-17,19H,2-3,7-10,12-13H2,1H3,(H2,22,26). The average molecular weight is 426 g/mol. The van der Waals surface area contributed by atoms with Gasteiger partial charge in [0.2, 0.25) is 11.8 Å². The topological polar surface area (TPSA) is 101 Å². The maximum absolute atomic E-state index is 13.6. The lowest BCUT2D eigenvalue weighted by Crippen LogP contribution is -2.51. The number of rotatable bonds is 7. The summed E-state index contributed by atoms with van der Waals surface area (Å²) in [6.07, 6.45) is 4.18. The minimum absolute atomic E-state index is 0.0118. The predicted octanol–water partition coefficient (Wildman–Crippen LogP) is 1.24. The summed E-state index contributed by atoms with van der Waals surface area (Å²) >= 11 is 0. The second-order valence-corrected chi connectivity index (χ2v) is 10.3. The summed E-state index contributed by atoms with van der Waals surface area (Å²) < 4.78 is 37.6. The molecule has 29 heavy (non-hydrogen) atoms. The number of halogens is 1. The van der Waals surface area contributed by atoms with Crippen LogP contribution < -0.4 is 5.73 Å². The number of nitrogens with zero attached hydrogens (tertiary/aromatic N) is 2. The molecule has 9 heteroatoms. The van der Waals surface area contributed by atoms with Gasteiger partial charge in [-0.15, -0.1) is 0 Å². The number of sulfone groups is 1. The Balaban J connectivity index is 1.79. The molecule has 7 nitrogen and oxygen atoms in total. The fraction of sp³-hybridized carbons (Fsp3) is 0.600. The molecule has 1 saturated heterocycles. The molecule has 160 valence electrons. The van der Waals surface area contributed by atoms with Gasteiger partial charge in [-0.2, -0.15) is 0 Å². The van der Waals surface area contributed by atoms with Crippen molar-refractivity contribution in [3.63, 3.8) is 0 Å². The minimum atomic E-state index is -3.13. The van der Waals surface area contributed by atoms with Gasteiger partial charge in [0, 0.05) is 12.1 Å². The lowest BCUT2D eigenvalue weighted by molar-refractivity contribution is -0.138. The number of hydrogen-bond acceptors (Lipinski definition) is 5. The van der Waals surface area contributed by atoms with Gasteiger partial charge in [-0.25, -0.2) is 12.8 Å². The third-order valence-corrected chi connectivity index (χ3v) is 7.62. The molecule has 2 fully saturated rings. The number of carbonyl (C=O) groups is 2. The third kappa shape index (κ3) is 5.14. The summed E-state index contributed by atoms with van der Waals surface area (Å²) in [6.45, 7) is -0.100. The number of likely N-dealkylation sites (N-methyl/N-ethyl adjacent to an activating group) is 1. The summed E-state index contributed by atoms with van der Waals surface area (Å²) in [5, 5.41) is 0. The van der Waals surface area contributed by atoms with Gasteiger partial charge in [-0.3, -0.25) is 14.5 Å². The molecular formula is C20H28FN3O4S. The molecule has 2 amide bonds. The number of carbonyl (C=O) groups excluding carboxylic acids is 2. The van der Waals surface area contributed by atoms with Gasteiger partial charge in [0.15, 0.2) is 9.84 Å². The number of primary amides is 1. The molecule has 2 unspecified atom stereocenters. The van der Waals surface area contributed by atoms with Crippen LogP contribution in [0.5, 0.6) is 0 Å². The molecular weight excluding hydrogens is 397 g/mol. The smallest absolute Gasteiger partial charge is 0.239 e. The van der Waals surface area contributed by atoms with E-state index in [0.29, 0.717) is 12.0 Å². The van der Waals surface area contributed by atoms with Crippen molar-refractivity contribution in [2.75, 3.05) is 25.1 Å². The lowest BCUT2D eigenvalue weighted by atomic mass is 10.0. The van der Waals surface area contributed by atoms with E-state index in [2.05, 4.69) is 0 Å². The highest BCUT2D eigenvalue weighted by Crippen LogP contribution is 2.30. The van der Waals surface area contributed by atoms with E-state index in [1.165, 1.54) is 23.1 Å². The van der Waals surface area contributed by atoms with Crippen molar-refractivity contribution in [3.05, 3.63) is 35.6 Å². The highest BCUT2D eigenvalue weighted by Gasteiger charge is 2.39. The van der Waals surface area contributed by atoms with Gasteiger partial charge >= 0.3 is 0 Å². The first kappa shape index (κ1) is 21.7. The Morgan fingerprint density at radius 3 is 2.45 bits per heavy atom. The van der Waals surface area contributed by atoms with E-state index in [1.807, 2.05) is 0 Å². The SMILES string of the molecule is CN(CC(=O)N(C1CCCC1)C1CCS(=O)(=O)C1)C(C(N)=O)c1cccc(F)c1. The molecule has 1 heterocycles. The van der Waals surface area contributed by atoms with Crippen molar-refractivity contribution in [1.29, 1.82) is 0 Å². The van der Waals surface area contributed by atoms with Gasteiger partial charge in [0.05, 0.1) is 18.1 Å². The second kappa shape index (κ2) is 8.79. The summed E-state index contributed by atoms with van der Waals surface area (Å²) in [4.78, 5) is 28.5. The van der Waals surface area contributed by atoms with Crippen molar-refractivity contribution < 1.29 is 22.4 Å². The van der Waals surface area contributed by atoms with Crippen LogP contribution in [-0.4, -0.2) is 67.2 Å². The number of benzene rings is 1. The van der Waals surface area contributed by atoms with E-state index in [-0.39, 0.29) is 36.0 Å². The largest absolute Gasteiger partial charge is 0.368 e. The highest BCUT2D eigenvalue weighted by molar-refractivity contribution is 7.91. The Labute approximate surface area is 171 Å². The van der Waals surface area contributed by atoms with Crippen molar-refractivity contribution in [1.82, 2.24) is 9.80 Å². The zero-order valence-corrected chi connectivity index (χ0v) is 17.4. The van der Waals surface area contributed by atoms with E-state index in [9.17, 15) is 22.4 Å². The average Bonchev–Trinajstić information content (AvgIpc) is 3.25. The molecule has 0 bridgehead atoms. The molecule has 0 spiro atoms. The van der Waals surface area contributed by atoms with E-state index in [0.717, 1.165) is 25.7 Å². The Morgan fingerprint density at radius 1 is 1.21 bits per heavy atom.